The van der Waals surface area contributed by atoms with Crippen molar-refractivity contribution in [2.45, 2.75) is 0 Å². The lowest BCUT2D eigenvalue weighted by atomic mass is 10.3. The van der Waals surface area contributed by atoms with Crippen molar-refractivity contribution in [3.63, 3.8) is 0 Å². The van der Waals surface area contributed by atoms with E-state index in [1.807, 2.05) is 10.9 Å². The number of benzene rings is 2. The summed E-state index contributed by atoms with van der Waals surface area (Å²) in [6.07, 6.45) is 0. The molecule has 2 amide bonds. The van der Waals surface area contributed by atoms with Crippen molar-refractivity contribution in [1.29, 1.82) is 0 Å². The van der Waals surface area contributed by atoms with Gasteiger partial charge in [-0.2, -0.15) is 0 Å². The number of hydrogen-bond donors (Lipinski definition) is 4. The van der Waals surface area contributed by atoms with Crippen molar-refractivity contribution in [3.8, 4) is 0 Å². The van der Waals surface area contributed by atoms with Crippen LogP contribution in [-0.2, 0) is 9.59 Å². The summed E-state index contributed by atoms with van der Waals surface area (Å²) >= 11 is 6.18. The van der Waals surface area contributed by atoms with Crippen LogP contribution in [0.2, 0.25) is 0 Å². The molecule has 2 aromatic carbocycles. The normalized spacial score (nSPS) is 10.0. The Labute approximate surface area is 152 Å². The number of rotatable bonds is 4. The Balaban J connectivity index is 1.87. The Morgan fingerprint density at radius 2 is 1.12 bits per heavy atom. The topological polar surface area (TPSA) is 82.3 Å². The monoisotopic (exact) mass is 462 g/mol. The number of amides is 2. The fraction of sp³-hybridized carbons (Fsp3) is 0. The molecule has 6 nitrogen and oxygen atoms in total. The summed E-state index contributed by atoms with van der Waals surface area (Å²) in [5, 5.41) is 0. The molecule has 24 heavy (non-hydrogen) atoms. The van der Waals surface area contributed by atoms with Gasteiger partial charge in [0.25, 0.3) is 0 Å². The van der Waals surface area contributed by atoms with Crippen molar-refractivity contribution in [1.82, 2.24) is 10.9 Å². The summed E-state index contributed by atoms with van der Waals surface area (Å²) < 4.78 is 28.1. The molecule has 0 aliphatic carbocycles. The molecular weight excluding hydrogens is 454 g/mol. The minimum absolute atomic E-state index is 0.0220. The van der Waals surface area contributed by atoms with Gasteiger partial charge >= 0.3 is 11.8 Å². The van der Waals surface area contributed by atoms with E-state index in [0.717, 1.165) is 0 Å². The van der Waals surface area contributed by atoms with E-state index in [-0.39, 0.29) is 11.4 Å². The zero-order chi connectivity index (χ0) is 17.7. The fourth-order valence-electron chi connectivity index (χ4n) is 1.54. The van der Waals surface area contributed by atoms with E-state index in [4.69, 9.17) is 0 Å². The Bertz CT molecular complexity index is 724. The van der Waals surface area contributed by atoms with Crippen LogP contribution in [-0.4, -0.2) is 11.8 Å². The quantitative estimate of drug-likeness (QED) is 0.415. The molecule has 0 atom stereocenters. The van der Waals surface area contributed by atoms with Crippen LogP contribution < -0.4 is 21.7 Å². The first-order valence-electron chi connectivity index (χ1n) is 6.39. The lowest BCUT2D eigenvalue weighted by molar-refractivity contribution is -0.138. The van der Waals surface area contributed by atoms with Crippen LogP contribution in [0, 0.1) is 11.6 Å². The van der Waals surface area contributed by atoms with Crippen molar-refractivity contribution < 1.29 is 18.4 Å². The molecule has 0 saturated heterocycles. The first kappa shape index (κ1) is 18.1. The SMILES string of the molecule is O=C(NNc1ccc(Br)cc1F)C(=O)NNc1ccc(Br)cc1F. The number of hydrazine groups is 2. The highest BCUT2D eigenvalue weighted by atomic mass is 79.9. The van der Waals surface area contributed by atoms with Gasteiger partial charge in [0, 0.05) is 8.95 Å². The number of nitrogens with one attached hydrogen (secondary N) is 4. The van der Waals surface area contributed by atoms with Gasteiger partial charge < -0.3 is 0 Å². The Morgan fingerprint density at radius 3 is 1.46 bits per heavy atom. The predicted octanol–water partition coefficient (Wildman–Crippen LogP) is 3.08. The second kappa shape index (κ2) is 8.06. The minimum Gasteiger partial charge on any atom is -0.295 e. The number of carbonyl (C=O) groups is 2. The first-order chi connectivity index (χ1) is 11.4. The van der Waals surface area contributed by atoms with Gasteiger partial charge in [-0.3, -0.25) is 31.3 Å². The molecule has 4 N–H and O–H groups in total. The highest BCUT2D eigenvalue weighted by molar-refractivity contribution is 9.10. The molecule has 126 valence electrons. The molecule has 0 aromatic heterocycles. The molecule has 2 rings (SSSR count). The zero-order valence-electron chi connectivity index (χ0n) is 11.8. The summed E-state index contributed by atoms with van der Waals surface area (Å²) in [4.78, 5) is 23.2. The zero-order valence-corrected chi connectivity index (χ0v) is 15.0. The Morgan fingerprint density at radius 1 is 0.750 bits per heavy atom. The van der Waals surface area contributed by atoms with E-state index >= 15 is 0 Å². The van der Waals surface area contributed by atoms with Crippen LogP contribution in [0.15, 0.2) is 45.3 Å². The largest absolute Gasteiger partial charge is 0.329 e. The maximum atomic E-state index is 13.5. The van der Waals surface area contributed by atoms with Crippen LogP contribution in [0.1, 0.15) is 0 Å². The number of halogens is 4. The van der Waals surface area contributed by atoms with E-state index < -0.39 is 23.4 Å². The van der Waals surface area contributed by atoms with Crippen molar-refractivity contribution in [2.75, 3.05) is 10.9 Å². The lowest BCUT2D eigenvalue weighted by Crippen LogP contribution is -2.44. The van der Waals surface area contributed by atoms with Crippen LogP contribution in [0.5, 0.6) is 0 Å². The summed E-state index contributed by atoms with van der Waals surface area (Å²) in [7, 11) is 0. The maximum absolute atomic E-state index is 13.5. The van der Waals surface area contributed by atoms with Crippen LogP contribution >= 0.6 is 31.9 Å². The van der Waals surface area contributed by atoms with E-state index in [1.165, 1.54) is 24.3 Å². The van der Waals surface area contributed by atoms with Gasteiger partial charge in [-0.1, -0.05) is 31.9 Å². The van der Waals surface area contributed by atoms with Crippen molar-refractivity contribution in [3.05, 3.63) is 57.0 Å². The highest BCUT2D eigenvalue weighted by Crippen LogP contribution is 2.19. The molecule has 0 heterocycles. The van der Waals surface area contributed by atoms with Crippen LogP contribution in [0.3, 0.4) is 0 Å². The van der Waals surface area contributed by atoms with Gasteiger partial charge in [0.15, 0.2) is 0 Å². The predicted molar refractivity (Wildman–Crippen MR) is 91.7 cm³/mol. The fourth-order valence-corrected chi connectivity index (χ4v) is 2.21. The Hall–Kier alpha value is -2.20. The third-order valence-electron chi connectivity index (χ3n) is 2.69. The third kappa shape index (κ3) is 4.90. The molecule has 0 aliphatic heterocycles. The molecule has 0 saturated carbocycles. The van der Waals surface area contributed by atoms with E-state index in [2.05, 4.69) is 42.7 Å². The Kier molecular flexibility index (Phi) is 6.10. The van der Waals surface area contributed by atoms with Gasteiger partial charge in [0.05, 0.1) is 11.4 Å². The van der Waals surface area contributed by atoms with Crippen molar-refractivity contribution in [2.24, 2.45) is 0 Å². The summed E-state index contributed by atoms with van der Waals surface area (Å²) in [6, 6.07) is 8.21. The van der Waals surface area contributed by atoms with Crippen LogP contribution in [0.4, 0.5) is 20.2 Å². The van der Waals surface area contributed by atoms with Gasteiger partial charge in [-0.15, -0.1) is 0 Å². The molecule has 0 aliphatic rings. The highest BCUT2D eigenvalue weighted by Gasteiger charge is 2.14. The summed E-state index contributed by atoms with van der Waals surface area (Å²) in [6.45, 7) is 0. The second-order valence-corrected chi connectivity index (χ2v) is 6.24. The number of carbonyl (C=O) groups excluding carboxylic acids is 2. The molecule has 0 bridgehead atoms. The average molecular weight is 464 g/mol. The van der Waals surface area contributed by atoms with Gasteiger partial charge in [0.1, 0.15) is 11.6 Å². The summed E-state index contributed by atoms with van der Waals surface area (Å²) in [5.41, 5.74) is 8.55. The standard InChI is InChI=1S/C14H10Br2F2N4O2/c15-7-1-3-11(9(17)5-7)19-21-13(23)14(24)22-20-12-4-2-8(16)6-10(12)18/h1-6,19-20H,(H,21,23)(H,22,24). The second-order valence-electron chi connectivity index (χ2n) is 4.41. The third-order valence-corrected chi connectivity index (χ3v) is 3.68. The van der Waals surface area contributed by atoms with Gasteiger partial charge in [-0.05, 0) is 36.4 Å². The van der Waals surface area contributed by atoms with E-state index in [1.54, 1.807) is 12.1 Å². The first-order valence-corrected chi connectivity index (χ1v) is 7.98. The molecule has 10 heteroatoms. The molecule has 0 spiro atoms. The van der Waals surface area contributed by atoms with E-state index in [9.17, 15) is 18.4 Å². The molecular formula is C14H10Br2F2N4O2. The molecule has 0 unspecified atom stereocenters. The molecule has 0 radical (unpaired) electrons. The van der Waals surface area contributed by atoms with E-state index in [0.29, 0.717) is 8.95 Å². The number of hydrogen-bond acceptors (Lipinski definition) is 4. The summed E-state index contributed by atoms with van der Waals surface area (Å²) in [5.74, 6) is -3.44. The maximum Gasteiger partial charge on any atom is 0.329 e. The number of anilines is 2. The van der Waals surface area contributed by atoms with Crippen LogP contribution in [0.25, 0.3) is 0 Å². The molecule has 2 aromatic rings. The average Bonchev–Trinajstić information content (AvgIpc) is 2.52. The lowest BCUT2D eigenvalue weighted by Gasteiger charge is -2.11. The smallest absolute Gasteiger partial charge is 0.295 e. The molecule has 0 fully saturated rings. The van der Waals surface area contributed by atoms with Gasteiger partial charge in [-0.25, -0.2) is 8.78 Å². The van der Waals surface area contributed by atoms with Crippen molar-refractivity contribution >= 4 is 55.0 Å². The van der Waals surface area contributed by atoms with Gasteiger partial charge in [0.2, 0.25) is 0 Å². The minimum atomic E-state index is -1.10.